The molecule has 2 amide bonds. The molecule has 2 heterocycles. The minimum atomic E-state index is -0.514. The molecule has 28 heavy (non-hydrogen) atoms. The van der Waals surface area contributed by atoms with E-state index in [0.717, 1.165) is 12.7 Å². The number of fused-ring (bicyclic) bond motifs is 5. The predicted molar refractivity (Wildman–Crippen MR) is 109 cm³/mol. The third-order valence-electron chi connectivity index (χ3n) is 4.88. The molecule has 1 N–H and O–H groups in total. The normalized spacial score (nSPS) is 16.8. The van der Waals surface area contributed by atoms with Crippen molar-refractivity contribution in [3.05, 3.63) is 94.5 Å². The summed E-state index contributed by atoms with van der Waals surface area (Å²) in [5.74, 6) is -0.244. The number of anilines is 2. The number of hydrogen-bond acceptors (Lipinski definition) is 3. The van der Waals surface area contributed by atoms with Crippen molar-refractivity contribution in [1.29, 1.82) is 0 Å². The van der Waals surface area contributed by atoms with E-state index >= 15 is 0 Å². The lowest BCUT2D eigenvalue weighted by molar-refractivity contribution is 0.0949. The number of nitrogens with zero attached hydrogens (tertiary/aromatic N) is 2. The molecule has 5 rings (SSSR count). The van der Waals surface area contributed by atoms with Gasteiger partial charge in [-0.3, -0.25) is 19.4 Å². The number of hydrogen-bond donors (Lipinski definition) is 1. The van der Waals surface area contributed by atoms with Gasteiger partial charge < -0.3 is 5.11 Å². The topological polar surface area (TPSA) is 60.9 Å². The number of rotatable bonds is 1. The number of carbonyl (C=O) groups is 2. The first-order valence-corrected chi connectivity index (χ1v) is 9.10. The number of para-hydroxylation sites is 1. The second-order valence-electron chi connectivity index (χ2n) is 6.31. The van der Waals surface area contributed by atoms with Crippen LogP contribution in [0.25, 0.3) is 0 Å². The zero-order valence-electron chi connectivity index (χ0n) is 15.0. The van der Waals surface area contributed by atoms with Crippen molar-refractivity contribution in [2.45, 2.75) is 6.17 Å². The van der Waals surface area contributed by atoms with E-state index in [4.69, 9.17) is 16.7 Å². The molecule has 3 aromatic carbocycles. The van der Waals surface area contributed by atoms with Crippen LogP contribution in [0.5, 0.6) is 0 Å². The predicted octanol–water partition coefficient (Wildman–Crippen LogP) is 4.27. The third-order valence-corrected chi connectivity index (χ3v) is 5.11. The molecule has 0 bridgehead atoms. The Morgan fingerprint density at radius 3 is 2.18 bits per heavy atom. The molecular formula is C22H17ClN2O3. The molecule has 0 aromatic heterocycles. The van der Waals surface area contributed by atoms with Crippen LogP contribution in [0.3, 0.4) is 0 Å². The van der Waals surface area contributed by atoms with Gasteiger partial charge in [-0.25, -0.2) is 0 Å². The molecular weight excluding hydrogens is 376 g/mol. The first-order valence-electron chi connectivity index (χ1n) is 8.72. The maximum atomic E-state index is 13.3. The summed E-state index contributed by atoms with van der Waals surface area (Å²) in [7, 11) is 1.00. The Balaban J connectivity index is 0.000000932. The SMILES string of the molecule is CO.O=C1c2ccccc2N2C(=O)c3ccccc3[C@@H]2N1c1cccc(Cl)c1. The van der Waals surface area contributed by atoms with Gasteiger partial charge in [0.05, 0.1) is 11.3 Å². The van der Waals surface area contributed by atoms with Gasteiger partial charge in [0.1, 0.15) is 6.17 Å². The molecule has 2 aliphatic rings. The summed E-state index contributed by atoms with van der Waals surface area (Å²) in [5.41, 5.74) is 3.25. The maximum absolute atomic E-state index is 13.3. The summed E-state index contributed by atoms with van der Waals surface area (Å²) in [6.45, 7) is 0. The molecule has 0 aliphatic carbocycles. The van der Waals surface area contributed by atoms with Gasteiger partial charge in [0.25, 0.3) is 11.8 Å². The molecule has 2 aliphatic heterocycles. The van der Waals surface area contributed by atoms with Crippen LogP contribution in [0.1, 0.15) is 32.4 Å². The van der Waals surface area contributed by atoms with Crippen molar-refractivity contribution >= 4 is 34.8 Å². The summed E-state index contributed by atoms with van der Waals surface area (Å²) in [6.07, 6.45) is -0.514. The van der Waals surface area contributed by atoms with Gasteiger partial charge in [-0.2, -0.15) is 0 Å². The average Bonchev–Trinajstić information content (AvgIpc) is 3.03. The van der Waals surface area contributed by atoms with Crippen LogP contribution in [-0.4, -0.2) is 24.0 Å². The van der Waals surface area contributed by atoms with E-state index in [0.29, 0.717) is 27.5 Å². The van der Waals surface area contributed by atoms with Crippen LogP contribution in [0.4, 0.5) is 11.4 Å². The highest BCUT2D eigenvalue weighted by Crippen LogP contribution is 2.46. The second kappa shape index (κ2) is 7.11. The summed E-state index contributed by atoms with van der Waals surface area (Å²) in [4.78, 5) is 29.8. The van der Waals surface area contributed by atoms with E-state index in [2.05, 4.69) is 0 Å². The number of halogens is 1. The van der Waals surface area contributed by atoms with Crippen molar-refractivity contribution in [1.82, 2.24) is 0 Å². The lowest BCUT2D eigenvalue weighted by Gasteiger charge is -2.40. The van der Waals surface area contributed by atoms with Crippen LogP contribution >= 0.6 is 11.6 Å². The van der Waals surface area contributed by atoms with Crippen molar-refractivity contribution < 1.29 is 14.7 Å². The van der Waals surface area contributed by atoms with E-state index in [9.17, 15) is 9.59 Å². The summed E-state index contributed by atoms with van der Waals surface area (Å²) in [5, 5.41) is 7.54. The van der Waals surface area contributed by atoms with Gasteiger partial charge in [0.2, 0.25) is 0 Å². The van der Waals surface area contributed by atoms with E-state index in [-0.39, 0.29) is 11.8 Å². The van der Waals surface area contributed by atoms with Gasteiger partial charge >= 0.3 is 0 Å². The Morgan fingerprint density at radius 1 is 0.786 bits per heavy atom. The molecule has 140 valence electrons. The zero-order valence-corrected chi connectivity index (χ0v) is 15.8. The fourth-order valence-corrected chi connectivity index (χ4v) is 3.97. The second-order valence-corrected chi connectivity index (χ2v) is 6.74. The highest BCUT2D eigenvalue weighted by atomic mass is 35.5. The van der Waals surface area contributed by atoms with E-state index in [1.54, 1.807) is 46.2 Å². The maximum Gasteiger partial charge on any atom is 0.262 e. The van der Waals surface area contributed by atoms with Gasteiger partial charge in [-0.1, -0.05) is 48.0 Å². The van der Waals surface area contributed by atoms with Crippen LogP contribution in [0.15, 0.2) is 72.8 Å². The minimum absolute atomic E-state index is 0.0995. The minimum Gasteiger partial charge on any atom is -0.400 e. The molecule has 0 unspecified atom stereocenters. The molecule has 0 radical (unpaired) electrons. The number of aliphatic hydroxyl groups is 1. The van der Waals surface area contributed by atoms with Gasteiger partial charge in [0, 0.05) is 28.9 Å². The van der Waals surface area contributed by atoms with E-state index in [1.807, 2.05) is 36.4 Å². The monoisotopic (exact) mass is 392 g/mol. The Kier molecular flexibility index (Phi) is 4.63. The highest BCUT2D eigenvalue weighted by Gasteiger charge is 2.48. The number of amides is 2. The fourth-order valence-electron chi connectivity index (χ4n) is 3.78. The number of benzene rings is 3. The molecule has 0 saturated heterocycles. The standard InChI is InChI=1S/C21H13ClN2O2.CH4O/c22-13-6-5-7-14(12-13)23-19-15-8-1-2-9-16(15)20(25)24(19)18-11-4-3-10-17(18)21(23)26;1-2/h1-12,19H;2H,1H3/t19-;/m1./s1. The molecule has 3 aromatic rings. The van der Waals surface area contributed by atoms with Gasteiger partial charge in [0.15, 0.2) is 0 Å². The van der Waals surface area contributed by atoms with Gasteiger partial charge in [-0.05, 0) is 36.4 Å². The average molecular weight is 393 g/mol. The van der Waals surface area contributed by atoms with Crippen molar-refractivity contribution in [2.75, 3.05) is 16.9 Å². The van der Waals surface area contributed by atoms with Crippen LogP contribution in [0.2, 0.25) is 5.02 Å². The van der Waals surface area contributed by atoms with Crippen molar-refractivity contribution in [2.24, 2.45) is 0 Å². The molecule has 6 heteroatoms. The van der Waals surface area contributed by atoms with E-state index in [1.165, 1.54) is 0 Å². The Morgan fingerprint density at radius 2 is 1.43 bits per heavy atom. The Bertz CT molecular complexity index is 1080. The van der Waals surface area contributed by atoms with Gasteiger partial charge in [-0.15, -0.1) is 0 Å². The summed E-state index contributed by atoms with van der Waals surface area (Å²) < 4.78 is 0. The lowest BCUT2D eigenvalue weighted by atomic mass is 10.0. The summed E-state index contributed by atoms with van der Waals surface area (Å²) >= 11 is 6.17. The Labute approximate surface area is 167 Å². The molecule has 0 spiro atoms. The lowest BCUT2D eigenvalue weighted by Crippen LogP contribution is -2.48. The summed E-state index contributed by atoms with van der Waals surface area (Å²) in [6, 6.07) is 21.8. The van der Waals surface area contributed by atoms with Crippen LogP contribution in [0, 0.1) is 0 Å². The van der Waals surface area contributed by atoms with Crippen molar-refractivity contribution in [3.8, 4) is 0 Å². The first-order chi connectivity index (χ1) is 13.7. The molecule has 1 atom stereocenters. The first kappa shape index (κ1) is 18.2. The zero-order chi connectivity index (χ0) is 19.8. The molecule has 5 nitrogen and oxygen atoms in total. The Hall–Kier alpha value is -3.15. The quantitative estimate of drug-likeness (QED) is 0.672. The molecule has 0 fully saturated rings. The van der Waals surface area contributed by atoms with Crippen LogP contribution < -0.4 is 9.80 Å². The highest BCUT2D eigenvalue weighted by molar-refractivity contribution is 6.31. The number of aliphatic hydroxyl groups excluding tert-OH is 1. The van der Waals surface area contributed by atoms with Crippen LogP contribution in [-0.2, 0) is 0 Å². The molecule has 0 saturated carbocycles. The third kappa shape index (κ3) is 2.59. The van der Waals surface area contributed by atoms with E-state index < -0.39 is 6.17 Å². The number of carbonyl (C=O) groups excluding carboxylic acids is 2. The smallest absolute Gasteiger partial charge is 0.262 e. The largest absolute Gasteiger partial charge is 0.400 e. The fraction of sp³-hybridized carbons (Fsp3) is 0.0909. The van der Waals surface area contributed by atoms with Crippen molar-refractivity contribution in [3.63, 3.8) is 0 Å².